The van der Waals surface area contributed by atoms with Crippen molar-refractivity contribution in [1.29, 1.82) is 0 Å². The molecule has 0 aliphatic rings. The average Bonchev–Trinajstić information content (AvgIpc) is 3.51. The molecule has 4 aromatic rings. The molecule has 0 saturated carbocycles. The second-order valence-electron chi connectivity index (χ2n) is 7.70. The van der Waals surface area contributed by atoms with Gasteiger partial charge in [0.05, 0.1) is 18.8 Å². The molecule has 0 saturated heterocycles. The second-order valence-corrected chi connectivity index (χ2v) is 7.70. The number of aryl methyl sites for hydroxylation is 2. The first kappa shape index (κ1) is 22.8. The van der Waals surface area contributed by atoms with Crippen LogP contribution in [-0.4, -0.2) is 46.8 Å². The Hall–Kier alpha value is -4.41. The normalized spacial score (nSPS) is 10.7. The lowest BCUT2D eigenvalue weighted by molar-refractivity contribution is -0.115. The van der Waals surface area contributed by atoms with Gasteiger partial charge in [0.1, 0.15) is 0 Å². The Morgan fingerprint density at radius 1 is 0.853 bits per heavy atom. The van der Waals surface area contributed by atoms with Crippen molar-refractivity contribution in [2.24, 2.45) is 0 Å². The molecule has 11 heteroatoms. The van der Waals surface area contributed by atoms with Crippen molar-refractivity contribution < 1.29 is 9.59 Å². The van der Waals surface area contributed by atoms with Crippen molar-refractivity contribution in [3.05, 3.63) is 84.1 Å². The number of benzene rings is 1. The lowest BCUT2D eigenvalue weighted by Gasteiger charge is -2.03. The van der Waals surface area contributed by atoms with Crippen LogP contribution < -0.4 is 10.6 Å². The smallest absolute Gasteiger partial charge is 0.273 e. The van der Waals surface area contributed by atoms with Crippen molar-refractivity contribution in [2.45, 2.75) is 38.9 Å². The van der Waals surface area contributed by atoms with Gasteiger partial charge in [-0.05, 0) is 30.0 Å². The molecule has 0 bridgehead atoms. The molecule has 0 aliphatic carbocycles. The number of carbonyl (C=O) groups excluding carboxylic acids is 2. The molecule has 34 heavy (non-hydrogen) atoms. The molecule has 0 spiro atoms. The van der Waals surface area contributed by atoms with Crippen LogP contribution >= 0.6 is 0 Å². The van der Waals surface area contributed by atoms with Gasteiger partial charge in [-0.2, -0.15) is 0 Å². The number of carbonyl (C=O) groups is 2. The number of pyridine rings is 1. The molecule has 0 aliphatic heterocycles. The van der Waals surface area contributed by atoms with E-state index < -0.39 is 0 Å². The SMILES string of the molecule is O=C(Cc1cccnc1)Nc1cn(CCCCn2cc(C(=O)NCc3ccccc3)nn2)nn1. The molecule has 174 valence electrons. The summed E-state index contributed by atoms with van der Waals surface area (Å²) in [5, 5.41) is 21.6. The Labute approximate surface area is 196 Å². The molecule has 1 aromatic carbocycles. The number of rotatable bonds is 11. The molecule has 0 atom stereocenters. The van der Waals surface area contributed by atoms with Crippen LogP contribution in [0.1, 0.15) is 34.5 Å². The highest BCUT2D eigenvalue weighted by Gasteiger charge is 2.11. The van der Waals surface area contributed by atoms with Crippen LogP contribution in [0.5, 0.6) is 0 Å². The van der Waals surface area contributed by atoms with E-state index in [2.05, 4.69) is 36.2 Å². The fourth-order valence-corrected chi connectivity index (χ4v) is 3.27. The van der Waals surface area contributed by atoms with E-state index in [0.717, 1.165) is 24.0 Å². The second kappa shape index (κ2) is 11.5. The number of hydrogen-bond acceptors (Lipinski definition) is 7. The summed E-state index contributed by atoms with van der Waals surface area (Å²) in [6, 6.07) is 13.3. The van der Waals surface area contributed by atoms with Crippen LogP contribution in [0, 0.1) is 0 Å². The van der Waals surface area contributed by atoms with Crippen molar-refractivity contribution in [3.8, 4) is 0 Å². The first-order valence-corrected chi connectivity index (χ1v) is 11.0. The third-order valence-electron chi connectivity index (χ3n) is 4.99. The van der Waals surface area contributed by atoms with Gasteiger partial charge >= 0.3 is 0 Å². The molecule has 2 amide bonds. The zero-order valence-electron chi connectivity index (χ0n) is 18.5. The number of nitrogens with zero attached hydrogens (tertiary/aromatic N) is 7. The predicted octanol–water partition coefficient (Wildman–Crippen LogP) is 1.86. The third kappa shape index (κ3) is 6.79. The molecule has 3 heterocycles. The summed E-state index contributed by atoms with van der Waals surface area (Å²) in [5.41, 5.74) is 2.14. The summed E-state index contributed by atoms with van der Waals surface area (Å²) in [5.74, 6) is -0.0120. The van der Waals surface area contributed by atoms with Gasteiger partial charge in [0.15, 0.2) is 11.5 Å². The maximum absolute atomic E-state index is 12.2. The third-order valence-corrected chi connectivity index (χ3v) is 4.99. The Bertz CT molecular complexity index is 1210. The minimum Gasteiger partial charge on any atom is -0.347 e. The zero-order chi connectivity index (χ0) is 23.6. The maximum Gasteiger partial charge on any atom is 0.273 e. The van der Waals surface area contributed by atoms with E-state index in [0.29, 0.717) is 31.1 Å². The van der Waals surface area contributed by atoms with Crippen LogP contribution in [0.3, 0.4) is 0 Å². The van der Waals surface area contributed by atoms with Gasteiger partial charge in [0.2, 0.25) is 5.91 Å². The van der Waals surface area contributed by atoms with E-state index in [4.69, 9.17) is 0 Å². The number of amides is 2. The Morgan fingerprint density at radius 2 is 1.59 bits per heavy atom. The van der Waals surface area contributed by atoms with E-state index >= 15 is 0 Å². The highest BCUT2D eigenvalue weighted by molar-refractivity contribution is 5.92. The van der Waals surface area contributed by atoms with Crippen LogP contribution in [0.2, 0.25) is 0 Å². The minimum atomic E-state index is -0.254. The molecule has 0 fully saturated rings. The van der Waals surface area contributed by atoms with Crippen molar-refractivity contribution in [2.75, 3.05) is 5.32 Å². The standard InChI is InChI=1S/C23H25N9O2/c33-22(13-19-9-6-10-24-14-19)26-21-17-32(30-28-21)12-5-4-11-31-16-20(27-29-31)23(34)25-15-18-7-2-1-3-8-18/h1-3,6-10,14,16-17H,4-5,11-13,15H2,(H,25,34)(H,26,33). The van der Waals surface area contributed by atoms with E-state index in [1.807, 2.05) is 36.4 Å². The zero-order valence-corrected chi connectivity index (χ0v) is 18.5. The summed E-state index contributed by atoms with van der Waals surface area (Å²) >= 11 is 0. The highest BCUT2D eigenvalue weighted by Crippen LogP contribution is 2.06. The van der Waals surface area contributed by atoms with Crippen molar-refractivity contribution in [1.82, 2.24) is 40.3 Å². The molecule has 0 radical (unpaired) electrons. The largest absolute Gasteiger partial charge is 0.347 e. The highest BCUT2D eigenvalue weighted by atomic mass is 16.2. The molecule has 2 N–H and O–H groups in total. The van der Waals surface area contributed by atoms with Gasteiger partial charge in [-0.1, -0.05) is 46.8 Å². The molecular formula is C23H25N9O2. The predicted molar refractivity (Wildman–Crippen MR) is 123 cm³/mol. The van der Waals surface area contributed by atoms with Crippen LogP contribution in [0.15, 0.2) is 67.3 Å². The summed E-state index contributed by atoms with van der Waals surface area (Å²) < 4.78 is 3.34. The van der Waals surface area contributed by atoms with Gasteiger partial charge in [0.25, 0.3) is 5.91 Å². The van der Waals surface area contributed by atoms with E-state index in [9.17, 15) is 9.59 Å². The maximum atomic E-state index is 12.2. The molecule has 0 unspecified atom stereocenters. The number of anilines is 1. The average molecular weight is 460 g/mol. The lowest BCUT2D eigenvalue weighted by atomic mass is 10.2. The van der Waals surface area contributed by atoms with Crippen molar-refractivity contribution >= 4 is 17.6 Å². The molecule has 3 aromatic heterocycles. The van der Waals surface area contributed by atoms with Crippen molar-refractivity contribution in [3.63, 3.8) is 0 Å². The number of unbranched alkanes of at least 4 members (excludes halogenated alkanes) is 1. The topological polar surface area (TPSA) is 133 Å². The van der Waals surface area contributed by atoms with E-state index in [1.54, 1.807) is 40.2 Å². The quantitative estimate of drug-likeness (QED) is 0.327. The Balaban J connectivity index is 1.15. The summed E-state index contributed by atoms with van der Waals surface area (Å²) in [4.78, 5) is 28.4. The Morgan fingerprint density at radius 3 is 2.35 bits per heavy atom. The van der Waals surface area contributed by atoms with Gasteiger partial charge < -0.3 is 10.6 Å². The summed E-state index contributed by atoms with van der Waals surface area (Å²) in [6.07, 6.45) is 8.53. The lowest BCUT2D eigenvalue weighted by Crippen LogP contribution is -2.23. The first-order chi connectivity index (χ1) is 16.7. The van der Waals surface area contributed by atoms with Gasteiger partial charge in [-0.3, -0.25) is 23.9 Å². The van der Waals surface area contributed by atoms with Gasteiger partial charge in [-0.25, -0.2) is 0 Å². The molecule has 11 nitrogen and oxygen atoms in total. The fourth-order valence-electron chi connectivity index (χ4n) is 3.27. The number of nitrogens with one attached hydrogen (secondary N) is 2. The monoisotopic (exact) mass is 459 g/mol. The minimum absolute atomic E-state index is 0.171. The number of hydrogen-bond donors (Lipinski definition) is 2. The summed E-state index contributed by atoms with van der Waals surface area (Å²) in [6.45, 7) is 1.71. The van der Waals surface area contributed by atoms with E-state index in [-0.39, 0.29) is 18.2 Å². The van der Waals surface area contributed by atoms with Crippen LogP contribution in [0.4, 0.5) is 5.82 Å². The first-order valence-electron chi connectivity index (χ1n) is 11.0. The van der Waals surface area contributed by atoms with Gasteiger partial charge in [-0.15, -0.1) is 10.2 Å². The van der Waals surface area contributed by atoms with E-state index in [1.165, 1.54) is 0 Å². The fraction of sp³-hybridized carbons (Fsp3) is 0.261. The molecular weight excluding hydrogens is 434 g/mol. The summed E-state index contributed by atoms with van der Waals surface area (Å²) in [7, 11) is 0. The van der Waals surface area contributed by atoms with Gasteiger partial charge in [0, 0.05) is 32.0 Å². The number of aromatic nitrogens is 7. The Kier molecular flexibility index (Phi) is 7.67. The van der Waals surface area contributed by atoms with Crippen LogP contribution in [-0.2, 0) is 30.8 Å². The van der Waals surface area contributed by atoms with Crippen LogP contribution in [0.25, 0.3) is 0 Å². The molecule has 4 rings (SSSR count).